The summed E-state index contributed by atoms with van der Waals surface area (Å²) in [6, 6.07) is 3.67. The smallest absolute Gasteiger partial charge is 0.341 e. The molecule has 3 heterocycles. The monoisotopic (exact) mass is 384 g/mol. The average molecular weight is 385 g/mol. The lowest BCUT2D eigenvalue weighted by atomic mass is 10.0. The number of fused-ring (bicyclic) bond motifs is 1. The molecule has 0 aromatic carbocycles. The fraction of sp³-hybridized carbons (Fsp3) is 0.412. The van der Waals surface area contributed by atoms with Crippen molar-refractivity contribution in [3.8, 4) is 0 Å². The number of carbonyl (C=O) groups is 2. The molecule has 6 nitrogen and oxygen atoms in total. The third kappa shape index (κ3) is 3.89. The Hall–Kier alpha value is -1.83. The van der Waals surface area contributed by atoms with Gasteiger partial charge in [-0.1, -0.05) is 0 Å². The van der Waals surface area contributed by atoms with Gasteiger partial charge in [0.15, 0.2) is 5.76 Å². The lowest BCUT2D eigenvalue weighted by Gasteiger charge is -2.30. The van der Waals surface area contributed by atoms with E-state index in [0.717, 1.165) is 30.0 Å². The van der Waals surface area contributed by atoms with Crippen LogP contribution in [0.3, 0.4) is 0 Å². The van der Waals surface area contributed by atoms with Gasteiger partial charge in [-0.05, 0) is 38.0 Å². The number of nitrogens with zero attached hydrogens (tertiary/aromatic N) is 1. The van der Waals surface area contributed by atoms with Gasteiger partial charge < -0.3 is 14.5 Å². The van der Waals surface area contributed by atoms with Gasteiger partial charge in [-0.25, -0.2) is 4.79 Å². The van der Waals surface area contributed by atoms with Gasteiger partial charge in [0.05, 0.1) is 18.9 Å². The second-order valence-electron chi connectivity index (χ2n) is 5.95. The van der Waals surface area contributed by atoms with Crippen LogP contribution in [0.1, 0.15) is 45.2 Å². The highest BCUT2D eigenvalue weighted by Gasteiger charge is 2.30. The zero-order valence-electron chi connectivity index (χ0n) is 14.3. The summed E-state index contributed by atoms with van der Waals surface area (Å²) < 4.78 is 10.0. The zero-order chi connectivity index (χ0) is 17.3. The number of hydrogen-bond acceptors (Lipinski definition) is 6. The Kier molecular flexibility index (Phi) is 6.26. The topological polar surface area (TPSA) is 71.8 Å². The summed E-state index contributed by atoms with van der Waals surface area (Å²) in [6.07, 6.45) is 2.21. The first-order valence-electron chi connectivity index (χ1n) is 7.83. The Labute approximate surface area is 156 Å². The third-order valence-electron chi connectivity index (χ3n) is 4.18. The molecule has 0 radical (unpaired) electrons. The number of nitrogens with one attached hydrogen (secondary N) is 1. The van der Waals surface area contributed by atoms with Crippen LogP contribution in [0.2, 0.25) is 0 Å². The zero-order valence-corrected chi connectivity index (χ0v) is 16.0. The molecule has 1 aliphatic heterocycles. The van der Waals surface area contributed by atoms with Crippen LogP contribution >= 0.6 is 23.7 Å². The number of esters is 1. The number of thiophene rings is 1. The highest BCUT2D eigenvalue weighted by molar-refractivity contribution is 7.17. The number of furan rings is 1. The van der Waals surface area contributed by atoms with Crippen LogP contribution in [0.4, 0.5) is 5.00 Å². The quantitative estimate of drug-likeness (QED) is 0.816. The number of hydrogen-bond donors (Lipinski definition) is 1. The van der Waals surface area contributed by atoms with E-state index >= 15 is 0 Å². The highest BCUT2D eigenvalue weighted by atomic mass is 35.5. The maximum atomic E-state index is 12.3. The summed E-state index contributed by atoms with van der Waals surface area (Å²) in [5.41, 5.74) is 1.46. The predicted octanol–water partition coefficient (Wildman–Crippen LogP) is 3.57. The molecular formula is C17H21ClN2O4S. The molecule has 0 saturated heterocycles. The van der Waals surface area contributed by atoms with Crippen molar-refractivity contribution in [1.29, 1.82) is 0 Å². The summed E-state index contributed by atoms with van der Waals surface area (Å²) in [7, 11) is 1.35. The summed E-state index contributed by atoms with van der Waals surface area (Å²) in [4.78, 5) is 28.0. The number of ether oxygens (including phenoxy) is 1. The second-order valence-corrected chi connectivity index (χ2v) is 7.05. The molecule has 0 aliphatic carbocycles. The summed E-state index contributed by atoms with van der Waals surface area (Å²) >= 11 is 1.44. The van der Waals surface area contributed by atoms with Gasteiger partial charge in [-0.3, -0.25) is 9.69 Å². The number of rotatable bonds is 4. The van der Waals surface area contributed by atoms with Crippen molar-refractivity contribution in [3.05, 3.63) is 40.2 Å². The maximum absolute atomic E-state index is 12.3. The van der Waals surface area contributed by atoms with Gasteiger partial charge in [-0.2, -0.15) is 0 Å². The van der Waals surface area contributed by atoms with Gasteiger partial charge >= 0.3 is 5.97 Å². The average Bonchev–Trinajstić information content (AvgIpc) is 3.20. The maximum Gasteiger partial charge on any atom is 0.341 e. The van der Waals surface area contributed by atoms with Crippen LogP contribution in [0.5, 0.6) is 0 Å². The standard InChI is InChI=1S/C17H20N2O4S.ClH/c1-10(2)19-7-6-11-13(9-19)24-16(14(11)17(21)22-3)18-15(20)12-5-4-8-23-12;/h4-5,8,10H,6-7,9H2,1-3H3,(H,18,20);1H. The molecule has 1 N–H and O–H groups in total. The molecule has 1 aliphatic rings. The minimum absolute atomic E-state index is 0. The first-order valence-corrected chi connectivity index (χ1v) is 8.64. The number of halogens is 1. The highest BCUT2D eigenvalue weighted by Crippen LogP contribution is 2.38. The van der Waals surface area contributed by atoms with E-state index in [-0.39, 0.29) is 24.1 Å². The fourth-order valence-electron chi connectivity index (χ4n) is 2.84. The van der Waals surface area contributed by atoms with E-state index in [9.17, 15) is 9.59 Å². The molecular weight excluding hydrogens is 364 g/mol. The van der Waals surface area contributed by atoms with Gasteiger partial charge in [0, 0.05) is 24.0 Å². The molecule has 0 fully saturated rings. The number of methoxy groups -OCH3 is 1. The Morgan fingerprint density at radius 1 is 1.40 bits per heavy atom. The third-order valence-corrected chi connectivity index (χ3v) is 5.31. The van der Waals surface area contributed by atoms with Gasteiger partial charge in [0.1, 0.15) is 5.00 Å². The molecule has 0 bridgehead atoms. The van der Waals surface area contributed by atoms with Crippen LogP contribution < -0.4 is 5.32 Å². The number of carbonyl (C=O) groups excluding carboxylic acids is 2. The van der Waals surface area contributed by atoms with E-state index in [1.807, 2.05) is 0 Å². The molecule has 3 rings (SSSR count). The van der Waals surface area contributed by atoms with Crippen molar-refractivity contribution in [3.63, 3.8) is 0 Å². The minimum Gasteiger partial charge on any atom is -0.465 e. The van der Waals surface area contributed by atoms with E-state index < -0.39 is 5.97 Å². The van der Waals surface area contributed by atoms with Crippen molar-refractivity contribution < 1.29 is 18.7 Å². The van der Waals surface area contributed by atoms with Crippen LogP contribution in [0.15, 0.2) is 22.8 Å². The molecule has 2 aromatic heterocycles. The molecule has 1 amide bonds. The number of anilines is 1. The molecule has 0 unspecified atom stereocenters. The second kappa shape index (κ2) is 8.03. The van der Waals surface area contributed by atoms with E-state index in [1.165, 1.54) is 24.7 Å². The largest absolute Gasteiger partial charge is 0.465 e. The molecule has 8 heteroatoms. The molecule has 0 spiro atoms. The van der Waals surface area contributed by atoms with Gasteiger partial charge in [0.2, 0.25) is 0 Å². The predicted molar refractivity (Wildman–Crippen MR) is 98.8 cm³/mol. The summed E-state index contributed by atoms with van der Waals surface area (Å²) in [5, 5.41) is 3.32. The molecule has 0 atom stereocenters. The lowest BCUT2D eigenvalue weighted by molar-refractivity contribution is 0.0600. The van der Waals surface area contributed by atoms with Crippen molar-refractivity contribution >= 4 is 40.6 Å². The van der Waals surface area contributed by atoms with E-state index in [2.05, 4.69) is 24.1 Å². The molecule has 25 heavy (non-hydrogen) atoms. The van der Waals surface area contributed by atoms with Gasteiger partial charge in [0.25, 0.3) is 5.91 Å². The summed E-state index contributed by atoms with van der Waals surface area (Å²) in [5.74, 6) is -0.578. The normalized spacial score (nSPS) is 13.9. The van der Waals surface area contributed by atoms with E-state index in [1.54, 1.807) is 12.1 Å². The van der Waals surface area contributed by atoms with E-state index in [0.29, 0.717) is 16.6 Å². The molecule has 2 aromatic rings. The Morgan fingerprint density at radius 3 is 2.76 bits per heavy atom. The molecule has 136 valence electrons. The van der Waals surface area contributed by atoms with E-state index in [4.69, 9.17) is 9.15 Å². The molecule has 0 saturated carbocycles. The van der Waals surface area contributed by atoms with Crippen molar-refractivity contribution in [2.75, 3.05) is 19.0 Å². The Morgan fingerprint density at radius 2 is 2.16 bits per heavy atom. The lowest BCUT2D eigenvalue weighted by Crippen LogP contribution is -2.35. The van der Waals surface area contributed by atoms with Gasteiger partial charge in [-0.15, -0.1) is 23.7 Å². The van der Waals surface area contributed by atoms with Crippen LogP contribution in [0, 0.1) is 0 Å². The number of amides is 1. The van der Waals surface area contributed by atoms with Crippen LogP contribution in [0.25, 0.3) is 0 Å². The Balaban J connectivity index is 0.00000225. The van der Waals surface area contributed by atoms with Crippen molar-refractivity contribution in [2.24, 2.45) is 0 Å². The fourth-order valence-corrected chi connectivity index (χ4v) is 4.10. The Bertz CT molecular complexity index is 755. The SMILES string of the molecule is COC(=O)c1c(NC(=O)c2ccco2)sc2c1CCN(C(C)C)C2.Cl. The van der Waals surface area contributed by atoms with Crippen molar-refractivity contribution in [2.45, 2.75) is 32.9 Å². The first-order chi connectivity index (χ1) is 11.5. The first kappa shape index (κ1) is 19.5. The van der Waals surface area contributed by atoms with Crippen LogP contribution in [-0.4, -0.2) is 36.5 Å². The summed E-state index contributed by atoms with van der Waals surface area (Å²) in [6.45, 7) is 5.97. The minimum atomic E-state index is -0.416. The van der Waals surface area contributed by atoms with Crippen LogP contribution in [-0.2, 0) is 17.7 Å². The van der Waals surface area contributed by atoms with Crippen molar-refractivity contribution in [1.82, 2.24) is 4.90 Å².